The van der Waals surface area contributed by atoms with Crippen LogP contribution in [0.3, 0.4) is 0 Å². The summed E-state index contributed by atoms with van der Waals surface area (Å²) in [5.74, 6) is 0. The van der Waals surface area contributed by atoms with Gasteiger partial charge in [0.1, 0.15) is 0 Å². The van der Waals surface area contributed by atoms with Crippen molar-refractivity contribution in [1.29, 1.82) is 0 Å². The lowest BCUT2D eigenvalue weighted by Gasteiger charge is -2.20. The Balaban J connectivity index is 2.65. The lowest BCUT2D eigenvalue weighted by atomic mass is 9.96. The molecule has 5 heteroatoms. The second-order valence-electron chi connectivity index (χ2n) is 6.00. The zero-order valence-corrected chi connectivity index (χ0v) is 15.4. The minimum absolute atomic E-state index is 0.0981. The summed E-state index contributed by atoms with van der Waals surface area (Å²) in [4.78, 5) is 0.0981. The molecule has 0 atom stereocenters. The lowest BCUT2D eigenvalue weighted by Crippen LogP contribution is -2.32. The van der Waals surface area contributed by atoms with Gasteiger partial charge in [0, 0.05) is 0 Å². The molecule has 0 fully saturated rings. The number of aryl methyl sites for hydroxylation is 1. The number of rotatable bonds is 4. The SMILES string of the molecule is Cc1cc(S(=O)(=O)O)c([SiH](C)C)c(C)c1Cc1ccccc1. The van der Waals surface area contributed by atoms with Crippen LogP contribution in [0.5, 0.6) is 0 Å². The van der Waals surface area contributed by atoms with Crippen molar-refractivity contribution >= 4 is 24.1 Å². The van der Waals surface area contributed by atoms with Gasteiger partial charge < -0.3 is 0 Å². The van der Waals surface area contributed by atoms with Crippen molar-refractivity contribution in [1.82, 2.24) is 0 Å². The van der Waals surface area contributed by atoms with Crippen LogP contribution in [0, 0.1) is 13.8 Å². The smallest absolute Gasteiger partial charge is 0.282 e. The van der Waals surface area contributed by atoms with Gasteiger partial charge in [-0.1, -0.05) is 43.4 Å². The summed E-state index contributed by atoms with van der Waals surface area (Å²) in [6.07, 6.45) is 0.776. The standard InChI is InChI=1S/C17H22O3SSi/c1-12-10-16(21(18,19)20)17(22(3)4)13(2)15(12)11-14-8-6-5-7-9-14/h5-10,22H,11H2,1-4H3,(H,18,19,20). The average molecular weight is 335 g/mol. The van der Waals surface area contributed by atoms with Gasteiger partial charge in [-0.05, 0) is 53.8 Å². The Kier molecular flexibility index (Phi) is 4.89. The van der Waals surface area contributed by atoms with Crippen LogP contribution in [-0.2, 0) is 16.5 Å². The molecule has 1 N–H and O–H groups in total. The topological polar surface area (TPSA) is 54.4 Å². The molecule has 2 aromatic rings. The van der Waals surface area contributed by atoms with Gasteiger partial charge in [-0.15, -0.1) is 0 Å². The van der Waals surface area contributed by atoms with Crippen LogP contribution in [0.1, 0.15) is 22.3 Å². The third-order valence-corrected chi connectivity index (χ3v) is 7.03. The molecule has 0 heterocycles. The Morgan fingerprint density at radius 1 is 1.09 bits per heavy atom. The van der Waals surface area contributed by atoms with Gasteiger partial charge in [0.15, 0.2) is 0 Å². The fourth-order valence-corrected chi connectivity index (χ4v) is 6.61. The summed E-state index contributed by atoms with van der Waals surface area (Å²) < 4.78 is 33.0. The minimum Gasteiger partial charge on any atom is -0.282 e. The zero-order chi connectivity index (χ0) is 16.5. The highest BCUT2D eigenvalue weighted by Crippen LogP contribution is 2.22. The van der Waals surface area contributed by atoms with Crippen LogP contribution < -0.4 is 5.19 Å². The molecule has 0 bridgehead atoms. The van der Waals surface area contributed by atoms with E-state index >= 15 is 0 Å². The molecule has 0 aromatic heterocycles. The zero-order valence-electron chi connectivity index (χ0n) is 13.4. The van der Waals surface area contributed by atoms with E-state index in [1.165, 1.54) is 5.56 Å². The van der Waals surface area contributed by atoms with E-state index in [0.29, 0.717) is 0 Å². The van der Waals surface area contributed by atoms with Gasteiger partial charge >= 0.3 is 0 Å². The van der Waals surface area contributed by atoms with Crippen molar-refractivity contribution in [3.05, 3.63) is 58.7 Å². The molecule has 3 nitrogen and oxygen atoms in total. The molecule has 0 amide bonds. The molecule has 0 spiro atoms. The summed E-state index contributed by atoms with van der Waals surface area (Å²) >= 11 is 0. The Bertz CT molecular complexity index is 781. The van der Waals surface area contributed by atoms with E-state index < -0.39 is 18.9 Å². The molecule has 0 aliphatic heterocycles. The highest BCUT2D eigenvalue weighted by atomic mass is 32.2. The van der Waals surface area contributed by atoms with Crippen molar-refractivity contribution < 1.29 is 13.0 Å². The molecule has 2 aromatic carbocycles. The van der Waals surface area contributed by atoms with Crippen molar-refractivity contribution in [2.24, 2.45) is 0 Å². The van der Waals surface area contributed by atoms with Gasteiger partial charge in [-0.3, -0.25) is 4.55 Å². The predicted octanol–water partition coefficient (Wildman–Crippen LogP) is 2.83. The molecule has 0 unspecified atom stereocenters. The average Bonchev–Trinajstić information content (AvgIpc) is 2.42. The first-order valence-electron chi connectivity index (χ1n) is 7.36. The predicted molar refractivity (Wildman–Crippen MR) is 93.5 cm³/mol. The van der Waals surface area contributed by atoms with Crippen LogP contribution in [0.25, 0.3) is 0 Å². The van der Waals surface area contributed by atoms with Crippen molar-refractivity contribution in [3.8, 4) is 0 Å². The Hall–Kier alpha value is -1.43. The Morgan fingerprint density at radius 2 is 1.68 bits per heavy atom. The minimum atomic E-state index is -4.18. The molecule has 0 aliphatic carbocycles. The maximum absolute atomic E-state index is 11.7. The quantitative estimate of drug-likeness (QED) is 0.691. The maximum atomic E-state index is 11.7. The second kappa shape index (κ2) is 6.36. The summed E-state index contributed by atoms with van der Waals surface area (Å²) in [6.45, 7) is 8.05. The lowest BCUT2D eigenvalue weighted by molar-refractivity contribution is 0.483. The van der Waals surface area contributed by atoms with Gasteiger partial charge in [-0.2, -0.15) is 8.42 Å². The van der Waals surface area contributed by atoms with E-state index in [4.69, 9.17) is 0 Å². The first-order valence-corrected chi connectivity index (χ1v) is 11.7. The van der Waals surface area contributed by atoms with Gasteiger partial charge in [0.25, 0.3) is 10.1 Å². The molecule has 0 saturated heterocycles. The van der Waals surface area contributed by atoms with Crippen LogP contribution in [0.2, 0.25) is 13.1 Å². The molecule has 2 rings (SSSR count). The number of hydrogen-bond acceptors (Lipinski definition) is 2. The van der Waals surface area contributed by atoms with Crippen molar-refractivity contribution in [2.45, 2.75) is 38.3 Å². The fourth-order valence-electron chi connectivity index (χ4n) is 3.01. The van der Waals surface area contributed by atoms with E-state index in [-0.39, 0.29) is 4.90 Å². The third kappa shape index (κ3) is 3.48. The first-order chi connectivity index (χ1) is 10.2. The summed E-state index contributed by atoms with van der Waals surface area (Å²) in [6, 6.07) is 11.8. The highest BCUT2D eigenvalue weighted by molar-refractivity contribution is 7.86. The van der Waals surface area contributed by atoms with E-state index in [1.807, 2.05) is 32.0 Å². The van der Waals surface area contributed by atoms with Crippen LogP contribution in [0.4, 0.5) is 0 Å². The molecule has 0 radical (unpaired) electrons. The Labute approximate surface area is 134 Å². The summed E-state index contributed by atoms with van der Waals surface area (Å²) in [7, 11) is -5.58. The maximum Gasteiger partial charge on any atom is 0.294 e. The van der Waals surface area contributed by atoms with E-state index in [9.17, 15) is 13.0 Å². The van der Waals surface area contributed by atoms with Crippen LogP contribution in [0.15, 0.2) is 41.3 Å². The molecule has 22 heavy (non-hydrogen) atoms. The van der Waals surface area contributed by atoms with Crippen molar-refractivity contribution in [3.63, 3.8) is 0 Å². The fraction of sp³-hybridized carbons (Fsp3) is 0.294. The van der Waals surface area contributed by atoms with E-state index in [2.05, 4.69) is 25.2 Å². The molecular formula is C17H22O3SSi. The first kappa shape index (κ1) is 16.9. The molecule has 0 saturated carbocycles. The summed E-state index contributed by atoms with van der Waals surface area (Å²) in [5.41, 5.74) is 4.28. The molecule has 0 aliphatic rings. The molecule has 118 valence electrons. The van der Waals surface area contributed by atoms with Gasteiger partial charge in [-0.25, -0.2) is 0 Å². The third-order valence-electron chi connectivity index (χ3n) is 4.02. The Morgan fingerprint density at radius 3 is 2.18 bits per heavy atom. The molecular weight excluding hydrogens is 312 g/mol. The van der Waals surface area contributed by atoms with Gasteiger partial charge in [0.2, 0.25) is 0 Å². The second-order valence-corrected chi connectivity index (χ2v) is 10.3. The monoisotopic (exact) mass is 334 g/mol. The van der Waals surface area contributed by atoms with E-state index in [1.54, 1.807) is 6.07 Å². The van der Waals surface area contributed by atoms with Crippen molar-refractivity contribution in [2.75, 3.05) is 0 Å². The number of benzene rings is 2. The van der Waals surface area contributed by atoms with Gasteiger partial charge in [0.05, 0.1) is 13.7 Å². The normalized spacial score (nSPS) is 11.9. The highest BCUT2D eigenvalue weighted by Gasteiger charge is 2.23. The van der Waals surface area contributed by atoms with Crippen LogP contribution >= 0.6 is 0 Å². The largest absolute Gasteiger partial charge is 0.294 e. The van der Waals surface area contributed by atoms with Crippen LogP contribution in [-0.4, -0.2) is 21.8 Å². The summed E-state index contributed by atoms with van der Waals surface area (Å²) in [5, 5.41) is 0.846. The number of hydrogen-bond donors (Lipinski definition) is 1. The van der Waals surface area contributed by atoms with E-state index in [0.717, 1.165) is 28.3 Å².